The summed E-state index contributed by atoms with van der Waals surface area (Å²) in [6, 6.07) is -0.472. The molecule has 1 fully saturated rings. The molecule has 2 unspecified atom stereocenters. The van der Waals surface area contributed by atoms with E-state index in [1.807, 2.05) is 6.92 Å². The molecule has 0 bridgehead atoms. The van der Waals surface area contributed by atoms with Crippen LogP contribution >= 0.6 is 0 Å². The van der Waals surface area contributed by atoms with Crippen LogP contribution in [0.4, 0.5) is 4.79 Å². The molecule has 2 N–H and O–H groups in total. The van der Waals surface area contributed by atoms with E-state index in [2.05, 4.69) is 19.2 Å². The number of urea groups is 1. The first-order valence-corrected chi connectivity index (χ1v) is 7.36. The smallest absolute Gasteiger partial charge is 0.318 e. The lowest BCUT2D eigenvalue weighted by Crippen LogP contribution is -2.55. The number of carbonyl (C=O) groups excluding carboxylic acids is 1. The molecule has 0 radical (unpaired) electrons. The van der Waals surface area contributed by atoms with Crippen LogP contribution in [0.2, 0.25) is 0 Å². The molecule has 0 aromatic heterocycles. The van der Waals surface area contributed by atoms with Crippen molar-refractivity contribution in [3.05, 3.63) is 0 Å². The van der Waals surface area contributed by atoms with Gasteiger partial charge in [0.25, 0.3) is 0 Å². The Kier molecular flexibility index (Phi) is 6.78. The third-order valence-corrected chi connectivity index (χ3v) is 4.01. The van der Waals surface area contributed by atoms with Crippen LogP contribution in [-0.2, 0) is 9.53 Å². The van der Waals surface area contributed by atoms with E-state index in [9.17, 15) is 9.59 Å². The molecule has 1 aliphatic heterocycles. The normalized spacial score (nSPS) is 20.8. The van der Waals surface area contributed by atoms with E-state index in [0.717, 1.165) is 12.8 Å². The summed E-state index contributed by atoms with van der Waals surface area (Å²) in [6.07, 6.45) is 1.95. The predicted octanol–water partition coefficient (Wildman–Crippen LogP) is 1.70. The van der Waals surface area contributed by atoms with E-state index in [1.54, 1.807) is 4.90 Å². The zero-order valence-electron chi connectivity index (χ0n) is 12.6. The van der Waals surface area contributed by atoms with Gasteiger partial charge in [0.1, 0.15) is 0 Å². The first-order chi connectivity index (χ1) is 9.49. The van der Waals surface area contributed by atoms with Crippen molar-refractivity contribution in [1.82, 2.24) is 10.2 Å². The van der Waals surface area contributed by atoms with Crippen molar-refractivity contribution >= 4 is 12.0 Å². The molecular formula is C14H26N2O4. The van der Waals surface area contributed by atoms with E-state index in [1.165, 1.54) is 0 Å². The van der Waals surface area contributed by atoms with Gasteiger partial charge in [-0.25, -0.2) is 4.79 Å². The van der Waals surface area contributed by atoms with Crippen LogP contribution < -0.4 is 5.32 Å². The van der Waals surface area contributed by atoms with Gasteiger partial charge in [-0.15, -0.1) is 0 Å². The summed E-state index contributed by atoms with van der Waals surface area (Å²) >= 11 is 0. The molecule has 20 heavy (non-hydrogen) atoms. The topological polar surface area (TPSA) is 78.9 Å². The first kappa shape index (κ1) is 16.8. The zero-order chi connectivity index (χ0) is 15.1. The Morgan fingerprint density at radius 2 is 2.05 bits per heavy atom. The summed E-state index contributed by atoms with van der Waals surface area (Å²) in [4.78, 5) is 24.7. The molecule has 6 heteroatoms. The number of carbonyl (C=O) groups is 2. The summed E-state index contributed by atoms with van der Waals surface area (Å²) in [5.41, 5.74) is 0. The number of carboxylic acid groups (broad SMARTS) is 1. The van der Waals surface area contributed by atoms with Crippen molar-refractivity contribution < 1.29 is 19.4 Å². The molecule has 2 amide bonds. The molecule has 0 saturated carbocycles. The van der Waals surface area contributed by atoms with E-state index >= 15 is 0 Å². The van der Waals surface area contributed by atoms with E-state index in [4.69, 9.17) is 9.84 Å². The first-order valence-electron chi connectivity index (χ1n) is 7.36. The van der Waals surface area contributed by atoms with Crippen LogP contribution in [0.3, 0.4) is 0 Å². The van der Waals surface area contributed by atoms with Crippen molar-refractivity contribution in [2.24, 2.45) is 5.92 Å². The highest BCUT2D eigenvalue weighted by Crippen LogP contribution is 2.15. The van der Waals surface area contributed by atoms with E-state index in [-0.39, 0.29) is 24.5 Å². The fourth-order valence-corrected chi connectivity index (χ4v) is 2.68. The molecule has 1 aliphatic rings. The Bertz CT molecular complexity index is 331. The van der Waals surface area contributed by atoms with Gasteiger partial charge in [-0.2, -0.15) is 0 Å². The number of carboxylic acids is 1. The summed E-state index contributed by atoms with van der Waals surface area (Å²) in [5, 5.41) is 11.9. The second-order valence-corrected chi connectivity index (χ2v) is 5.33. The molecule has 1 saturated heterocycles. The molecule has 0 aliphatic carbocycles. The van der Waals surface area contributed by atoms with Crippen molar-refractivity contribution in [3.8, 4) is 0 Å². The van der Waals surface area contributed by atoms with Crippen LogP contribution in [-0.4, -0.2) is 53.8 Å². The van der Waals surface area contributed by atoms with Gasteiger partial charge in [0, 0.05) is 12.6 Å². The molecule has 0 aromatic carbocycles. The number of nitrogens with one attached hydrogen (secondary N) is 1. The largest absolute Gasteiger partial charge is 0.481 e. The predicted molar refractivity (Wildman–Crippen MR) is 75.6 cm³/mol. The number of nitrogens with zero attached hydrogens (tertiary/aromatic N) is 1. The maximum absolute atomic E-state index is 12.3. The van der Waals surface area contributed by atoms with Gasteiger partial charge in [-0.3, -0.25) is 4.79 Å². The minimum atomic E-state index is -0.911. The van der Waals surface area contributed by atoms with Gasteiger partial charge in [-0.1, -0.05) is 26.7 Å². The molecule has 0 aromatic rings. The minimum absolute atomic E-state index is 0.0766. The lowest BCUT2D eigenvalue weighted by atomic mass is 9.96. The molecule has 1 heterocycles. The molecule has 1 rings (SSSR count). The van der Waals surface area contributed by atoms with Gasteiger partial charge in [0.15, 0.2) is 0 Å². The van der Waals surface area contributed by atoms with Gasteiger partial charge < -0.3 is 20.1 Å². The monoisotopic (exact) mass is 286 g/mol. The van der Waals surface area contributed by atoms with Gasteiger partial charge in [0.05, 0.1) is 25.7 Å². The Morgan fingerprint density at radius 1 is 1.40 bits per heavy atom. The standard InChI is InChI=1S/C14H26N2O4/c1-4-11(5-2)10(3)15-14(19)16-6-7-20-9-12(16)8-13(17)18/h10-12H,4-9H2,1-3H3,(H,15,19)(H,17,18). The third-order valence-electron chi connectivity index (χ3n) is 4.01. The van der Waals surface area contributed by atoms with E-state index in [0.29, 0.717) is 25.7 Å². The Morgan fingerprint density at radius 3 is 2.60 bits per heavy atom. The summed E-state index contributed by atoms with van der Waals surface area (Å²) in [6.45, 7) is 7.42. The Balaban J connectivity index is 2.60. The van der Waals surface area contributed by atoms with Crippen molar-refractivity contribution in [1.29, 1.82) is 0 Å². The molecular weight excluding hydrogens is 260 g/mol. The highest BCUT2D eigenvalue weighted by atomic mass is 16.5. The summed E-state index contributed by atoms with van der Waals surface area (Å²) in [5.74, 6) is -0.468. The van der Waals surface area contributed by atoms with Gasteiger partial charge in [-0.05, 0) is 12.8 Å². The van der Waals surface area contributed by atoms with Crippen molar-refractivity contribution in [2.45, 2.75) is 52.1 Å². The average Bonchev–Trinajstić information content (AvgIpc) is 2.39. The number of rotatable bonds is 6. The van der Waals surface area contributed by atoms with Crippen molar-refractivity contribution in [3.63, 3.8) is 0 Å². The second kappa shape index (κ2) is 8.09. The SMILES string of the molecule is CCC(CC)C(C)NC(=O)N1CCOCC1CC(=O)O. The lowest BCUT2D eigenvalue weighted by molar-refractivity contribution is -0.139. The van der Waals surface area contributed by atoms with Crippen molar-refractivity contribution in [2.75, 3.05) is 19.8 Å². The van der Waals surface area contributed by atoms with Crippen LogP contribution in [0.5, 0.6) is 0 Å². The Labute approximate surface area is 120 Å². The number of ether oxygens (including phenoxy) is 1. The third kappa shape index (κ3) is 4.67. The summed E-state index contributed by atoms with van der Waals surface area (Å²) in [7, 11) is 0. The number of amides is 2. The zero-order valence-corrected chi connectivity index (χ0v) is 12.6. The number of hydrogen-bond acceptors (Lipinski definition) is 3. The fraction of sp³-hybridized carbons (Fsp3) is 0.857. The maximum Gasteiger partial charge on any atom is 0.318 e. The fourth-order valence-electron chi connectivity index (χ4n) is 2.68. The van der Waals surface area contributed by atoms with Crippen LogP contribution in [0.25, 0.3) is 0 Å². The number of hydrogen-bond donors (Lipinski definition) is 2. The lowest BCUT2D eigenvalue weighted by Gasteiger charge is -2.36. The highest BCUT2D eigenvalue weighted by molar-refractivity contribution is 5.76. The number of morpholine rings is 1. The minimum Gasteiger partial charge on any atom is -0.481 e. The highest BCUT2D eigenvalue weighted by Gasteiger charge is 2.30. The van der Waals surface area contributed by atoms with E-state index < -0.39 is 5.97 Å². The second-order valence-electron chi connectivity index (χ2n) is 5.33. The van der Waals surface area contributed by atoms with Gasteiger partial charge >= 0.3 is 12.0 Å². The Hall–Kier alpha value is -1.30. The molecule has 0 spiro atoms. The maximum atomic E-state index is 12.3. The molecule has 116 valence electrons. The number of aliphatic carboxylic acids is 1. The molecule has 2 atom stereocenters. The average molecular weight is 286 g/mol. The quantitative estimate of drug-likeness (QED) is 0.779. The van der Waals surface area contributed by atoms with Gasteiger partial charge in [0.2, 0.25) is 0 Å². The van der Waals surface area contributed by atoms with Crippen LogP contribution in [0.1, 0.15) is 40.0 Å². The van der Waals surface area contributed by atoms with Crippen LogP contribution in [0.15, 0.2) is 0 Å². The molecule has 6 nitrogen and oxygen atoms in total. The van der Waals surface area contributed by atoms with Crippen LogP contribution in [0, 0.1) is 5.92 Å². The summed E-state index contributed by atoms with van der Waals surface area (Å²) < 4.78 is 5.27.